The van der Waals surface area contributed by atoms with Crippen molar-refractivity contribution in [3.8, 4) is 11.5 Å². The van der Waals surface area contributed by atoms with Crippen LogP contribution in [-0.2, 0) is 0 Å². The van der Waals surface area contributed by atoms with Gasteiger partial charge in [-0.15, -0.1) is 0 Å². The number of benzene rings is 1. The van der Waals surface area contributed by atoms with Crippen LogP contribution in [0.25, 0.3) is 0 Å². The second kappa shape index (κ2) is 7.99. The molecule has 0 bridgehead atoms. The van der Waals surface area contributed by atoms with E-state index in [0.29, 0.717) is 22.2 Å². The van der Waals surface area contributed by atoms with Gasteiger partial charge in [-0.2, -0.15) is 0 Å². The molecule has 22 heavy (non-hydrogen) atoms. The summed E-state index contributed by atoms with van der Waals surface area (Å²) >= 11 is 7.12. The monoisotopic (exact) mass is 434 g/mol. The highest BCUT2D eigenvalue weighted by molar-refractivity contribution is 9.13. The Balaban J connectivity index is 2.43. The number of phenols is 1. The number of halogens is 2. The Bertz CT molecular complexity index is 517. The number of nitrogens with one attached hydrogen (secondary N) is 1. The summed E-state index contributed by atoms with van der Waals surface area (Å²) in [6, 6.07) is 2.27. The molecule has 0 unspecified atom stereocenters. The molecular weight excluding hydrogens is 412 g/mol. The quantitative estimate of drug-likeness (QED) is 0.735. The minimum atomic E-state index is 0.140. The van der Waals surface area contributed by atoms with E-state index in [1.807, 2.05) is 6.07 Å². The van der Waals surface area contributed by atoms with Crippen molar-refractivity contribution in [1.29, 1.82) is 0 Å². The first kappa shape index (κ1) is 18.0. The summed E-state index contributed by atoms with van der Waals surface area (Å²) in [4.78, 5) is 2.51. The lowest BCUT2D eigenvalue weighted by atomic mass is 9.94. The summed E-state index contributed by atoms with van der Waals surface area (Å²) in [6.07, 6.45) is 1.07. The van der Waals surface area contributed by atoms with Gasteiger partial charge in [-0.05, 0) is 55.8 Å². The van der Waals surface area contributed by atoms with E-state index in [-0.39, 0.29) is 5.75 Å². The lowest BCUT2D eigenvalue weighted by Crippen LogP contribution is -2.45. The summed E-state index contributed by atoms with van der Waals surface area (Å²) in [5.41, 5.74) is 1.16. The van der Waals surface area contributed by atoms with Crippen LogP contribution in [0.2, 0.25) is 0 Å². The van der Waals surface area contributed by atoms with Gasteiger partial charge in [0.1, 0.15) is 0 Å². The molecule has 6 heteroatoms. The normalized spacial score (nSPS) is 17.7. The second-order valence-corrected chi connectivity index (χ2v) is 7.66. The van der Waals surface area contributed by atoms with Crippen molar-refractivity contribution in [3.05, 3.63) is 20.6 Å². The van der Waals surface area contributed by atoms with Crippen molar-refractivity contribution in [3.63, 3.8) is 0 Å². The summed E-state index contributed by atoms with van der Waals surface area (Å²) in [7, 11) is 1.58. The Morgan fingerprint density at radius 1 is 1.27 bits per heavy atom. The van der Waals surface area contributed by atoms with Gasteiger partial charge >= 0.3 is 0 Å². The van der Waals surface area contributed by atoms with Gasteiger partial charge in [-0.25, -0.2) is 0 Å². The van der Waals surface area contributed by atoms with Crippen LogP contribution < -0.4 is 10.1 Å². The molecular formula is C16H24Br2N2O2. The number of methoxy groups -OCH3 is 1. The maximum absolute atomic E-state index is 10.2. The van der Waals surface area contributed by atoms with Gasteiger partial charge < -0.3 is 15.2 Å². The average molecular weight is 436 g/mol. The van der Waals surface area contributed by atoms with Crippen LogP contribution in [0.3, 0.4) is 0 Å². The molecule has 2 rings (SSSR count). The molecule has 0 saturated carbocycles. The van der Waals surface area contributed by atoms with Crippen molar-refractivity contribution < 1.29 is 9.84 Å². The highest BCUT2D eigenvalue weighted by atomic mass is 79.9. The number of hydrogen-bond acceptors (Lipinski definition) is 4. The minimum absolute atomic E-state index is 0.140. The van der Waals surface area contributed by atoms with Crippen LogP contribution >= 0.6 is 31.9 Å². The summed E-state index contributed by atoms with van der Waals surface area (Å²) < 4.78 is 6.90. The van der Waals surface area contributed by atoms with Gasteiger partial charge in [0.05, 0.1) is 11.6 Å². The average Bonchev–Trinajstić information content (AvgIpc) is 2.52. The smallest absolute Gasteiger partial charge is 0.173 e. The van der Waals surface area contributed by atoms with Crippen molar-refractivity contribution in [2.75, 3.05) is 33.3 Å². The number of phenolic OH excluding ortho intramolecular Hbond substituents is 1. The highest BCUT2D eigenvalue weighted by Gasteiger charge is 2.27. The van der Waals surface area contributed by atoms with Gasteiger partial charge in [-0.1, -0.05) is 13.8 Å². The number of ether oxygens (including phenoxy) is 1. The molecule has 1 fully saturated rings. The van der Waals surface area contributed by atoms with Crippen LogP contribution in [0, 0.1) is 5.92 Å². The SMILES string of the molecule is COc1cc([C@H](CC(C)C)N2CCNCC2)c(Br)c(Br)c1O. The van der Waals surface area contributed by atoms with Crippen molar-refractivity contribution in [2.24, 2.45) is 5.92 Å². The van der Waals surface area contributed by atoms with Crippen LogP contribution in [0.5, 0.6) is 11.5 Å². The van der Waals surface area contributed by atoms with E-state index < -0.39 is 0 Å². The molecule has 0 aromatic heterocycles. The summed E-state index contributed by atoms with van der Waals surface area (Å²) in [5, 5.41) is 13.6. The molecule has 0 aliphatic carbocycles. The van der Waals surface area contributed by atoms with Crippen LogP contribution in [0.1, 0.15) is 31.9 Å². The maximum atomic E-state index is 10.2. The minimum Gasteiger partial charge on any atom is -0.503 e. The van der Waals surface area contributed by atoms with E-state index in [9.17, 15) is 5.11 Å². The van der Waals surface area contributed by atoms with E-state index in [2.05, 4.69) is 55.9 Å². The number of rotatable bonds is 5. The van der Waals surface area contributed by atoms with Crippen LogP contribution in [0.4, 0.5) is 0 Å². The molecule has 1 aliphatic heterocycles. The third-order valence-electron chi connectivity index (χ3n) is 4.04. The van der Waals surface area contributed by atoms with Crippen molar-refractivity contribution in [1.82, 2.24) is 10.2 Å². The zero-order chi connectivity index (χ0) is 16.3. The van der Waals surface area contributed by atoms with Crippen LogP contribution in [-0.4, -0.2) is 43.3 Å². The van der Waals surface area contributed by atoms with Gasteiger partial charge in [0.2, 0.25) is 0 Å². The van der Waals surface area contributed by atoms with E-state index in [1.54, 1.807) is 7.11 Å². The Kier molecular flexibility index (Phi) is 6.56. The van der Waals surface area contributed by atoms with E-state index in [4.69, 9.17) is 4.74 Å². The Morgan fingerprint density at radius 3 is 2.45 bits per heavy atom. The molecule has 1 heterocycles. The molecule has 0 amide bonds. The predicted molar refractivity (Wildman–Crippen MR) is 96.7 cm³/mol. The molecule has 0 spiro atoms. The van der Waals surface area contributed by atoms with Crippen molar-refractivity contribution in [2.45, 2.75) is 26.3 Å². The van der Waals surface area contributed by atoms with Crippen LogP contribution in [0.15, 0.2) is 15.0 Å². The predicted octanol–water partition coefficient (Wildman–Crippen LogP) is 3.92. The fourth-order valence-corrected chi connectivity index (χ4v) is 3.91. The third-order valence-corrected chi connectivity index (χ3v) is 6.20. The Labute approximate surface area is 149 Å². The van der Waals surface area contributed by atoms with Gasteiger partial charge in [0, 0.05) is 36.7 Å². The molecule has 1 aromatic rings. The number of piperazine rings is 1. The largest absolute Gasteiger partial charge is 0.503 e. The fraction of sp³-hybridized carbons (Fsp3) is 0.625. The zero-order valence-corrected chi connectivity index (χ0v) is 16.5. The Morgan fingerprint density at radius 2 is 1.91 bits per heavy atom. The zero-order valence-electron chi connectivity index (χ0n) is 13.3. The molecule has 124 valence electrons. The standard InChI is InChI=1S/C16H24Br2N2O2/c1-10(2)8-12(20-6-4-19-5-7-20)11-9-13(22-3)16(21)15(18)14(11)17/h9-10,12,19,21H,4-8H2,1-3H3/t12-/m0/s1. The molecule has 1 atom stereocenters. The Hall–Kier alpha value is -0.300. The van der Waals surface area contributed by atoms with Crippen molar-refractivity contribution >= 4 is 31.9 Å². The first-order valence-corrected chi connectivity index (χ1v) is 9.23. The first-order chi connectivity index (χ1) is 10.5. The fourth-order valence-electron chi connectivity index (χ4n) is 2.92. The molecule has 1 aromatic carbocycles. The molecule has 4 nitrogen and oxygen atoms in total. The lowest BCUT2D eigenvalue weighted by Gasteiger charge is -2.37. The maximum Gasteiger partial charge on any atom is 0.173 e. The van der Waals surface area contributed by atoms with Gasteiger partial charge in [0.25, 0.3) is 0 Å². The highest BCUT2D eigenvalue weighted by Crippen LogP contribution is 2.45. The van der Waals surface area contributed by atoms with E-state index in [0.717, 1.165) is 42.6 Å². The summed E-state index contributed by atoms with van der Waals surface area (Å²) in [5.74, 6) is 1.24. The topological polar surface area (TPSA) is 44.7 Å². The number of nitrogens with zero attached hydrogens (tertiary/aromatic N) is 1. The van der Waals surface area contributed by atoms with E-state index >= 15 is 0 Å². The lowest BCUT2D eigenvalue weighted by molar-refractivity contribution is 0.153. The second-order valence-electron chi connectivity index (χ2n) is 6.08. The molecule has 1 aliphatic rings. The van der Waals surface area contributed by atoms with Gasteiger partial charge in [0.15, 0.2) is 11.5 Å². The molecule has 1 saturated heterocycles. The third kappa shape index (κ3) is 3.96. The molecule has 0 radical (unpaired) electrons. The van der Waals surface area contributed by atoms with Gasteiger partial charge in [-0.3, -0.25) is 4.90 Å². The number of hydrogen-bond donors (Lipinski definition) is 2. The first-order valence-electron chi connectivity index (χ1n) is 7.65. The molecule has 2 N–H and O–H groups in total. The summed E-state index contributed by atoms with van der Waals surface area (Å²) in [6.45, 7) is 8.59. The van der Waals surface area contributed by atoms with E-state index in [1.165, 1.54) is 0 Å². The number of aromatic hydroxyl groups is 1.